The molecule has 0 spiro atoms. The third kappa shape index (κ3) is 6.43. The summed E-state index contributed by atoms with van der Waals surface area (Å²) >= 11 is 0. The quantitative estimate of drug-likeness (QED) is 0.572. The van der Waals surface area contributed by atoms with E-state index in [-0.39, 0.29) is 30.8 Å². The van der Waals surface area contributed by atoms with E-state index in [0.29, 0.717) is 44.3 Å². The number of esters is 1. The van der Waals surface area contributed by atoms with Gasteiger partial charge >= 0.3 is 5.97 Å². The Balaban J connectivity index is 1.60. The van der Waals surface area contributed by atoms with Crippen molar-refractivity contribution in [3.63, 3.8) is 0 Å². The Morgan fingerprint density at radius 3 is 2.87 bits per heavy atom. The molecule has 0 aromatic heterocycles. The summed E-state index contributed by atoms with van der Waals surface area (Å²) in [6.07, 6.45) is 3.46. The number of carbonyl (C=O) groups excluding carboxylic acids is 3. The summed E-state index contributed by atoms with van der Waals surface area (Å²) in [6.45, 7) is 7.06. The third-order valence-corrected chi connectivity index (χ3v) is 5.91. The smallest absolute Gasteiger partial charge is 0.307 e. The first-order valence-corrected chi connectivity index (χ1v) is 11.2. The van der Waals surface area contributed by atoms with Crippen molar-refractivity contribution < 1.29 is 23.9 Å². The lowest BCUT2D eigenvalue weighted by Crippen LogP contribution is -2.45. The highest BCUT2D eigenvalue weighted by Crippen LogP contribution is 2.27. The van der Waals surface area contributed by atoms with Gasteiger partial charge in [0.05, 0.1) is 13.0 Å². The first-order valence-electron chi connectivity index (χ1n) is 11.2. The molecular weight excluding hydrogens is 398 g/mol. The number of hydrogen-bond donors (Lipinski definition) is 1. The molecule has 8 heteroatoms. The SMILES string of the molecule is CCOC(=O)CCN(C[C@H]1CCCN1CC)C(=O)COc1ccc2c(c1)CCC(=O)N2. The van der Waals surface area contributed by atoms with Gasteiger partial charge in [-0.05, 0) is 63.0 Å². The number of nitrogens with one attached hydrogen (secondary N) is 1. The molecule has 1 saturated heterocycles. The molecule has 1 aromatic rings. The molecule has 2 heterocycles. The molecule has 0 bridgehead atoms. The second-order valence-electron chi connectivity index (χ2n) is 7.98. The van der Waals surface area contributed by atoms with Crippen molar-refractivity contribution in [2.45, 2.75) is 52.0 Å². The Bertz CT molecular complexity index is 797. The Kier molecular flexibility index (Phi) is 8.28. The molecule has 2 amide bonds. The van der Waals surface area contributed by atoms with E-state index in [1.165, 1.54) is 0 Å². The monoisotopic (exact) mass is 431 g/mol. The fourth-order valence-corrected chi connectivity index (χ4v) is 4.24. The first-order chi connectivity index (χ1) is 15.0. The molecule has 31 heavy (non-hydrogen) atoms. The molecule has 8 nitrogen and oxygen atoms in total. The van der Waals surface area contributed by atoms with Gasteiger partial charge in [-0.2, -0.15) is 0 Å². The second-order valence-corrected chi connectivity index (χ2v) is 7.98. The summed E-state index contributed by atoms with van der Waals surface area (Å²) < 4.78 is 10.8. The van der Waals surface area contributed by atoms with Gasteiger partial charge in [-0.3, -0.25) is 19.3 Å². The molecule has 1 atom stereocenters. The zero-order valence-electron chi connectivity index (χ0n) is 18.5. The molecule has 170 valence electrons. The van der Waals surface area contributed by atoms with E-state index in [0.717, 1.165) is 37.2 Å². The molecule has 0 aliphatic carbocycles. The van der Waals surface area contributed by atoms with E-state index in [1.54, 1.807) is 17.9 Å². The highest BCUT2D eigenvalue weighted by molar-refractivity contribution is 5.94. The van der Waals surface area contributed by atoms with E-state index in [9.17, 15) is 14.4 Å². The predicted octanol–water partition coefficient (Wildman–Crippen LogP) is 2.22. The number of carbonyl (C=O) groups is 3. The van der Waals surface area contributed by atoms with Crippen molar-refractivity contribution >= 4 is 23.5 Å². The minimum atomic E-state index is -0.295. The van der Waals surface area contributed by atoms with Crippen LogP contribution in [-0.2, 0) is 25.5 Å². The fourth-order valence-electron chi connectivity index (χ4n) is 4.24. The number of ether oxygens (including phenoxy) is 2. The van der Waals surface area contributed by atoms with Crippen LogP contribution in [0.5, 0.6) is 5.75 Å². The molecule has 1 aromatic carbocycles. The zero-order chi connectivity index (χ0) is 22.2. The van der Waals surface area contributed by atoms with Crippen LogP contribution in [0.4, 0.5) is 5.69 Å². The van der Waals surface area contributed by atoms with Crippen molar-refractivity contribution in [3.05, 3.63) is 23.8 Å². The maximum Gasteiger partial charge on any atom is 0.307 e. The number of aryl methyl sites for hydroxylation is 1. The standard InChI is InChI=1S/C23H33N3O5/c1-3-25-12-5-6-18(25)15-26(13-11-23(29)30-4-2)22(28)16-31-19-8-9-20-17(14-19)7-10-21(27)24-20/h8-9,14,18H,3-7,10-13,15-16H2,1-2H3,(H,24,27)/t18-/m1/s1. The Hall–Kier alpha value is -2.61. The molecule has 1 N–H and O–H groups in total. The fraction of sp³-hybridized carbons (Fsp3) is 0.609. The van der Waals surface area contributed by atoms with Gasteiger partial charge in [0.1, 0.15) is 5.75 Å². The highest BCUT2D eigenvalue weighted by Gasteiger charge is 2.27. The summed E-state index contributed by atoms with van der Waals surface area (Å²) in [5, 5.41) is 2.84. The van der Waals surface area contributed by atoms with Crippen LogP contribution in [-0.4, -0.2) is 73.0 Å². The average molecular weight is 432 g/mol. The summed E-state index contributed by atoms with van der Waals surface area (Å²) in [5.41, 5.74) is 1.81. The average Bonchev–Trinajstić information content (AvgIpc) is 3.22. The predicted molar refractivity (Wildman–Crippen MR) is 117 cm³/mol. The lowest BCUT2D eigenvalue weighted by Gasteiger charge is -2.30. The minimum absolute atomic E-state index is 0.0154. The van der Waals surface area contributed by atoms with Gasteiger partial charge in [0, 0.05) is 31.2 Å². The maximum atomic E-state index is 13.0. The Labute approximate surface area is 183 Å². The maximum absolute atomic E-state index is 13.0. The number of fused-ring (bicyclic) bond motifs is 1. The van der Waals surface area contributed by atoms with E-state index in [1.807, 2.05) is 12.1 Å². The Morgan fingerprint density at radius 1 is 1.26 bits per heavy atom. The summed E-state index contributed by atoms with van der Waals surface area (Å²) in [5.74, 6) is 0.182. The van der Waals surface area contributed by atoms with Gasteiger partial charge in [-0.15, -0.1) is 0 Å². The molecular formula is C23H33N3O5. The molecule has 2 aliphatic heterocycles. The second kappa shape index (κ2) is 11.1. The number of likely N-dealkylation sites (N-methyl/N-ethyl adjacent to an activating group) is 1. The van der Waals surface area contributed by atoms with Gasteiger partial charge in [0.15, 0.2) is 6.61 Å². The number of anilines is 1. The third-order valence-electron chi connectivity index (χ3n) is 5.91. The van der Waals surface area contributed by atoms with Crippen molar-refractivity contribution in [1.82, 2.24) is 9.80 Å². The van der Waals surface area contributed by atoms with Crippen LogP contribution in [0.2, 0.25) is 0 Å². The number of rotatable bonds is 10. The van der Waals surface area contributed by atoms with Crippen LogP contribution < -0.4 is 10.1 Å². The normalized spacial score (nSPS) is 18.3. The van der Waals surface area contributed by atoms with Crippen LogP contribution >= 0.6 is 0 Å². The molecule has 2 aliphatic rings. The molecule has 0 saturated carbocycles. The molecule has 0 unspecified atom stereocenters. The van der Waals surface area contributed by atoms with Crippen LogP contribution in [0.15, 0.2) is 18.2 Å². The van der Waals surface area contributed by atoms with Crippen molar-refractivity contribution in [2.24, 2.45) is 0 Å². The van der Waals surface area contributed by atoms with Gasteiger partial charge in [-0.1, -0.05) is 6.92 Å². The zero-order valence-corrected chi connectivity index (χ0v) is 18.5. The van der Waals surface area contributed by atoms with Gasteiger partial charge in [-0.25, -0.2) is 0 Å². The summed E-state index contributed by atoms with van der Waals surface area (Å²) in [6, 6.07) is 5.75. The lowest BCUT2D eigenvalue weighted by molar-refractivity contribution is -0.144. The van der Waals surface area contributed by atoms with E-state index in [4.69, 9.17) is 9.47 Å². The van der Waals surface area contributed by atoms with Gasteiger partial charge < -0.3 is 19.7 Å². The molecule has 3 rings (SSSR count). The molecule has 1 fully saturated rings. The molecule has 0 radical (unpaired) electrons. The largest absolute Gasteiger partial charge is 0.484 e. The number of amides is 2. The number of benzene rings is 1. The number of nitrogens with zero attached hydrogens (tertiary/aromatic N) is 2. The van der Waals surface area contributed by atoms with Crippen molar-refractivity contribution in [2.75, 3.05) is 44.7 Å². The first kappa shape index (κ1) is 23.1. The van der Waals surface area contributed by atoms with Crippen LogP contribution in [0, 0.1) is 0 Å². The highest BCUT2D eigenvalue weighted by atomic mass is 16.5. The number of hydrogen-bond acceptors (Lipinski definition) is 6. The lowest BCUT2D eigenvalue weighted by atomic mass is 10.0. The summed E-state index contributed by atoms with van der Waals surface area (Å²) in [4.78, 5) is 40.4. The Morgan fingerprint density at radius 2 is 2.10 bits per heavy atom. The van der Waals surface area contributed by atoms with Gasteiger partial charge in [0.25, 0.3) is 5.91 Å². The van der Waals surface area contributed by atoms with E-state index >= 15 is 0 Å². The van der Waals surface area contributed by atoms with Crippen molar-refractivity contribution in [1.29, 1.82) is 0 Å². The van der Waals surface area contributed by atoms with Crippen molar-refractivity contribution in [3.8, 4) is 5.75 Å². The van der Waals surface area contributed by atoms with Crippen LogP contribution in [0.3, 0.4) is 0 Å². The topological polar surface area (TPSA) is 88.2 Å². The van der Waals surface area contributed by atoms with E-state index in [2.05, 4.69) is 17.1 Å². The number of likely N-dealkylation sites (tertiary alicyclic amines) is 1. The summed E-state index contributed by atoms with van der Waals surface area (Å²) in [7, 11) is 0. The van der Waals surface area contributed by atoms with Crippen LogP contribution in [0.1, 0.15) is 45.1 Å². The minimum Gasteiger partial charge on any atom is -0.484 e. The van der Waals surface area contributed by atoms with Crippen LogP contribution in [0.25, 0.3) is 0 Å². The van der Waals surface area contributed by atoms with E-state index < -0.39 is 0 Å². The van der Waals surface area contributed by atoms with Gasteiger partial charge in [0.2, 0.25) is 5.91 Å².